The normalized spacial score (nSPS) is 27.3. The predicted octanol–water partition coefficient (Wildman–Crippen LogP) is 2.18. The molecule has 1 aliphatic heterocycles. The topological polar surface area (TPSA) is 15.3 Å². The molecule has 0 aromatic carbocycles. The van der Waals surface area contributed by atoms with E-state index >= 15 is 0 Å². The molecule has 2 rings (SSSR count). The lowest BCUT2D eigenvalue weighted by Gasteiger charge is -2.24. The number of rotatable bonds is 4. The predicted molar refractivity (Wildman–Crippen MR) is 66.2 cm³/mol. The first-order chi connectivity index (χ1) is 7.22. The molecule has 1 N–H and O–H groups in total. The molecule has 84 valence electrons. The van der Waals surface area contributed by atoms with Crippen molar-refractivity contribution in [1.29, 1.82) is 0 Å². The van der Waals surface area contributed by atoms with Gasteiger partial charge in [-0.25, -0.2) is 0 Å². The summed E-state index contributed by atoms with van der Waals surface area (Å²) in [7, 11) is 2.05. The Bertz CT molecular complexity index is 297. The molecule has 1 unspecified atom stereocenters. The quantitative estimate of drug-likeness (QED) is 0.843. The zero-order valence-corrected chi connectivity index (χ0v) is 10.4. The Balaban J connectivity index is 1.87. The van der Waals surface area contributed by atoms with Crippen LogP contribution in [0.4, 0.5) is 0 Å². The summed E-state index contributed by atoms with van der Waals surface area (Å²) in [5.74, 6) is 0. The van der Waals surface area contributed by atoms with Gasteiger partial charge in [0.05, 0.1) is 0 Å². The van der Waals surface area contributed by atoms with E-state index in [-0.39, 0.29) is 0 Å². The van der Waals surface area contributed by atoms with E-state index in [4.69, 9.17) is 0 Å². The van der Waals surface area contributed by atoms with Gasteiger partial charge in [0.1, 0.15) is 0 Å². The molecule has 0 bridgehead atoms. The number of likely N-dealkylation sites (tertiary alicyclic amines) is 1. The summed E-state index contributed by atoms with van der Waals surface area (Å²) >= 11 is 1.87. The van der Waals surface area contributed by atoms with Gasteiger partial charge in [-0.15, -0.1) is 11.3 Å². The molecule has 0 saturated carbocycles. The molecule has 1 aliphatic rings. The number of thiophene rings is 1. The summed E-state index contributed by atoms with van der Waals surface area (Å²) in [6.07, 6.45) is 1.32. The highest BCUT2D eigenvalue weighted by molar-refractivity contribution is 7.09. The monoisotopic (exact) mass is 224 g/mol. The van der Waals surface area contributed by atoms with E-state index in [2.05, 4.69) is 34.7 Å². The molecule has 2 heterocycles. The largest absolute Gasteiger partial charge is 0.319 e. The minimum Gasteiger partial charge on any atom is -0.319 e. The Hall–Kier alpha value is -0.380. The van der Waals surface area contributed by atoms with E-state index in [1.807, 2.05) is 18.4 Å². The molecule has 2 nitrogen and oxygen atoms in total. The maximum absolute atomic E-state index is 3.31. The highest BCUT2D eigenvalue weighted by Gasteiger charge is 2.32. The van der Waals surface area contributed by atoms with Crippen LogP contribution in [0.2, 0.25) is 0 Å². The van der Waals surface area contributed by atoms with Crippen LogP contribution in [0.1, 0.15) is 18.2 Å². The smallest absolute Gasteiger partial charge is 0.0328 e. The molecule has 0 aliphatic carbocycles. The molecule has 0 amide bonds. The molecule has 1 aromatic rings. The number of nitrogens with zero attached hydrogens (tertiary/aromatic N) is 1. The van der Waals surface area contributed by atoms with Crippen molar-refractivity contribution in [3.63, 3.8) is 0 Å². The fourth-order valence-corrected chi connectivity index (χ4v) is 3.20. The SMILES string of the molecule is CNCC1(C)CCN(Cc2cccs2)C1. The fourth-order valence-electron chi connectivity index (χ4n) is 2.45. The van der Waals surface area contributed by atoms with Crippen LogP contribution in [0.3, 0.4) is 0 Å². The van der Waals surface area contributed by atoms with Crippen LogP contribution in [0, 0.1) is 5.41 Å². The molecule has 1 aromatic heterocycles. The first-order valence-corrected chi connectivity index (χ1v) is 6.49. The second-order valence-electron chi connectivity index (χ2n) is 4.88. The third-order valence-corrected chi connectivity index (χ3v) is 4.06. The molecule has 3 heteroatoms. The van der Waals surface area contributed by atoms with Gasteiger partial charge in [-0.1, -0.05) is 13.0 Å². The van der Waals surface area contributed by atoms with Gasteiger partial charge in [0.2, 0.25) is 0 Å². The molecule has 1 fully saturated rings. The standard InChI is InChI=1S/C12H20N2S/c1-12(9-13-2)5-6-14(10-12)8-11-4-3-7-15-11/h3-4,7,13H,5-6,8-10H2,1-2H3. The maximum Gasteiger partial charge on any atom is 0.0328 e. The number of hydrogen-bond acceptors (Lipinski definition) is 3. The highest BCUT2D eigenvalue weighted by Crippen LogP contribution is 2.30. The molecular weight excluding hydrogens is 204 g/mol. The van der Waals surface area contributed by atoms with Crippen molar-refractivity contribution in [2.45, 2.75) is 19.9 Å². The Morgan fingerprint density at radius 2 is 2.47 bits per heavy atom. The van der Waals surface area contributed by atoms with Gasteiger partial charge >= 0.3 is 0 Å². The van der Waals surface area contributed by atoms with Crippen LogP contribution >= 0.6 is 11.3 Å². The Kier molecular flexibility index (Phi) is 3.44. The Labute approximate surface area is 96.3 Å². The second-order valence-corrected chi connectivity index (χ2v) is 5.91. The summed E-state index contributed by atoms with van der Waals surface area (Å²) < 4.78 is 0. The summed E-state index contributed by atoms with van der Waals surface area (Å²) in [5, 5.41) is 5.47. The van der Waals surface area contributed by atoms with E-state index in [0.717, 1.165) is 13.1 Å². The lowest BCUT2D eigenvalue weighted by Crippen LogP contribution is -2.32. The van der Waals surface area contributed by atoms with Crippen molar-refractivity contribution in [3.05, 3.63) is 22.4 Å². The minimum absolute atomic E-state index is 0.478. The van der Waals surface area contributed by atoms with Gasteiger partial charge in [0.15, 0.2) is 0 Å². The number of hydrogen-bond donors (Lipinski definition) is 1. The van der Waals surface area contributed by atoms with Crippen LogP contribution in [0.25, 0.3) is 0 Å². The minimum atomic E-state index is 0.478. The zero-order valence-electron chi connectivity index (χ0n) is 9.62. The summed E-state index contributed by atoms with van der Waals surface area (Å²) in [5.41, 5.74) is 0.478. The average Bonchev–Trinajstić information content (AvgIpc) is 2.78. The summed E-state index contributed by atoms with van der Waals surface area (Å²) in [4.78, 5) is 4.06. The maximum atomic E-state index is 3.31. The van der Waals surface area contributed by atoms with Crippen LogP contribution < -0.4 is 5.32 Å². The summed E-state index contributed by atoms with van der Waals surface area (Å²) in [6, 6.07) is 4.38. The van der Waals surface area contributed by atoms with Gasteiger partial charge in [0, 0.05) is 24.5 Å². The van der Waals surface area contributed by atoms with E-state index in [1.165, 1.54) is 24.4 Å². The fraction of sp³-hybridized carbons (Fsp3) is 0.667. The van der Waals surface area contributed by atoms with Crippen molar-refractivity contribution >= 4 is 11.3 Å². The van der Waals surface area contributed by atoms with Crippen LogP contribution in [0.5, 0.6) is 0 Å². The first-order valence-electron chi connectivity index (χ1n) is 5.61. The molecule has 1 atom stereocenters. The van der Waals surface area contributed by atoms with Crippen LogP contribution in [-0.2, 0) is 6.54 Å². The van der Waals surface area contributed by atoms with Crippen molar-refractivity contribution in [2.75, 3.05) is 26.7 Å². The molecule has 0 radical (unpaired) electrons. The molecular formula is C12H20N2S. The van der Waals surface area contributed by atoms with E-state index < -0.39 is 0 Å². The Morgan fingerprint density at radius 1 is 1.60 bits per heavy atom. The van der Waals surface area contributed by atoms with Gasteiger partial charge in [-0.2, -0.15) is 0 Å². The molecule has 1 saturated heterocycles. The van der Waals surface area contributed by atoms with Crippen molar-refractivity contribution in [3.8, 4) is 0 Å². The van der Waals surface area contributed by atoms with Crippen LogP contribution in [-0.4, -0.2) is 31.6 Å². The average molecular weight is 224 g/mol. The van der Waals surface area contributed by atoms with Gasteiger partial charge in [-0.05, 0) is 36.9 Å². The summed E-state index contributed by atoms with van der Waals surface area (Å²) in [6.45, 7) is 7.13. The molecule has 15 heavy (non-hydrogen) atoms. The van der Waals surface area contributed by atoms with Crippen molar-refractivity contribution in [2.24, 2.45) is 5.41 Å². The van der Waals surface area contributed by atoms with Gasteiger partial charge < -0.3 is 5.32 Å². The third-order valence-electron chi connectivity index (χ3n) is 3.20. The van der Waals surface area contributed by atoms with Crippen molar-refractivity contribution < 1.29 is 0 Å². The first kappa shape index (κ1) is 11.1. The van der Waals surface area contributed by atoms with Crippen molar-refractivity contribution in [1.82, 2.24) is 10.2 Å². The lowest BCUT2D eigenvalue weighted by molar-refractivity contribution is 0.267. The van der Waals surface area contributed by atoms with E-state index in [1.54, 1.807) is 0 Å². The molecule has 0 spiro atoms. The lowest BCUT2D eigenvalue weighted by atomic mass is 9.90. The van der Waals surface area contributed by atoms with Gasteiger partial charge in [0.25, 0.3) is 0 Å². The second kappa shape index (κ2) is 4.64. The van der Waals surface area contributed by atoms with Crippen LogP contribution in [0.15, 0.2) is 17.5 Å². The third kappa shape index (κ3) is 2.80. The van der Waals surface area contributed by atoms with E-state index in [0.29, 0.717) is 5.41 Å². The Morgan fingerprint density at radius 3 is 3.13 bits per heavy atom. The zero-order chi connectivity index (χ0) is 10.7. The van der Waals surface area contributed by atoms with Gasteiger partial charge in [-0.3, -0.25) is 4.90 Å². The van der Waals surface area contributed by atoms with E-state index in [9.17, 15) is 0 Å². The number of nitrogens with one attached hydrogen (secondary N) is 1. The highest BCUT2D eigenvalue weighted by atomic mass is 32.1.